The van der Waals surface area contributed by atoms with Crippen molar-refractivity contribution >= 4 is 6.03 Å². The topological polar surface area (TPSA) is 67.3 Å². The summed E-state index contributed by atoms with van der Waals surface area (Å²) in [5.41, 5.74) is 2.46. The Kier molecular flexibility index (Phi) is 4.49. The Bertz CT molecular complexity index is 731. The first-order valence-corrected chi connectivity index (χ1v) is 7.95. The van der Waals surface area contributed by atoms with Crippen molar-refractivity contribution in [2.75, 3.05) is 13.7 Å². The molecular formula is C18H22N4O2. The standard InChI is InChI=1S/C18H22N4O2/c1-18(2,12-24-3)21-17(23)22-10-14-9-19-16(20-15(14)11-22)13-7-5-4-6-8-13/h4-9H,10-12H2,1-3H3,(H,21,23). The highest BCUT2D eigenvalue weighted by molar-refractivity contribution is 5.75. The van der Waals surface area contributed by atoms with Crippen LogP contribution in [-0.4, -0.2) is 40.2 Å². The predicted molar refractivity (Wildman–Crippen MR) is 91.2 cm³/mol. The van der Waals surface area contributed by atoms with Gasteiger partial charge in [-0.3, -0.25) is 0 Å². The summed E-state index contributed by atoms with van der Waals surface area (Å²) in [4.78, 5) is 23.3. The van der Waals surface area contributed by atoms with E-state index in [9.17, 15) is 4.79 Å². The maximum atomic E-state index is 12.5. The summed E-state index contributed by atoms with van der Waals surface area (Å²) in [6, 6.07) is 9.73. The summed E-state index contributed by atoms with van der Waals surface area (Å²) in [5, 5.41) is 2.99. The number of hydrogen-bond donors (Lipinski definition) is 1. The van der Waals surface area contributed by atoms with Crippen molar-refractivity contribution in [3.8, 4) is 11.4 Å². The third-order valence-corrected chi connectivity index (χ3v) is 3.93. The molecule has 6 heteroatoms. The van der Waals surface area contributed by atoms with E-state index in [-0.39, 0.29) is 6.03 Å². The van der Waals surface area contributed by atoms with Crippen molar-refractivity contribution in [1.82, 2.24) is 20.2 Å². The second-order valence-corrected chi connectivity index (χ2v) is 6.63. The molecule has 1 aliphatic heterocycles. The maximum absolute atomic E-state index is 12.5. The Morgan fingerprint density at radius 3 is 2.75 bits per heavy atom. The Labute approximate surface area is 141 Å². The molecule has 6 nitrogen and oxygen atoms in total. The number of carbonyl (C=O) groups is 1. The number of aromatic nitrogens is 2. The van der Waals surface area contributed by atoms with Gasteiger partial charge in [-0.05, 0) is 13.8 Å². The number of methoxy groups -OCH3 is 1. The number of amides is 2. The fourth-order valence-electron chi connectivity index (χ4n) is 2.79. The lowest BCUT2D eigenvalue weighted by Crippen LogP contribution is -2.51. The van der Waals surface area contributed by atoms with Crippen LogP contribution in [0.15, 0.2) is 36.5 Å². The van der Waals surface area contributed by atoms with Crippen LogP contribution in [0.25, 0.3) is 11.4 Å². The SMILES string of the molecule is COCC(C)(C)NC(=O)N1Cc2cnc(-c3ccccc3)nc2C1. The highest BCUT2D eigenvalue weighted by atomic mass is 16.5. The van der Waals surface area contributed by atoms with Gasteiger partial charge in [0.1, 0.15) is 0 Å². The molecule has 0 saturated carbocycles. The third-order valence-electron chi connectivity index (χ3n) is 3.93. The van der Waals surface area contributed by atoms with Gasteiger partial charge in [-0.1, -0.05) is 30.3 Å². The molecule has 1 aromatic carbocycles. The third kappa shape index (κ3) is 3.54. The van der Waals surface area contributed by atoms with Gasteiger partial charge in [-0.15, -0.1) is 0 Å². The lowest BCUT2D eigenvalue weighted by atomic mass is 10.1. The van der Waals surface area contributed by atoms with Gasteiger partial charge in [-0.2, -0.15) is 0 Å². The molecule has 0 aliphatic carbocycles. The van der Waals surface area contributed by atoms with E-state index in [0.29, 0.717) is 25.5 Å². The van der Waals surface area contributed by atoms with E-state index in [2.05, 4.69) is 15.3 Å². The molecule has 0 spiro atoms. The molecular weight excluding hydrogens is 304 g/mol. The summed E-state index contributed by atoms with van der Waals surface area (Å²) >= 11 is 0. The largest absolute Gasteiger partial charge is 0.382 e. The Morgan fingerprint density at radius 1 is 1.29 bits per heavy atom. The summed E-state index contributed by atoms with van der Waals surface area (Å²) in [6.07, 6.45) is 1.82. The van der Waals surface area contributed by atoms with Crippen molar-refractivity contribution in [1.29, 1.82) is 0 Å². The van der Waals surface area contributed by atoms with Crippen LogP contribution in [0.4, 0.5) is 4.79 Å². The number of ether oxygens (including phenoxy) is 1. The van der Waals surface area contributed by atoms with Crippen molar-refractivity contribution in [2.45, 2.75) is 32.5 Å². The molecule has 1 aromatic heterocycles. The predicted octanol–water partition coefficient (Wildman–Crippen LogP) is 2.59. The van der Waals surface area contributed by atoms with Gasteiger partial charge >= 0.3 is 6.03 Å². The van der Waals surface area contributed by atoms with Gasteiger partial charge in [0.25, 0.3) is 0 Å². The van der Waals surface area contributed by atoms with Crippen molar-refractivity contribution in [2.24, 2.45) is 0 Å². The van der Waals surface area contributed by atoms with Crippen molar-refractivity contribution in [3.05, 3.63) is 47.8 Å². The lowest BCUT2D eigenvalue weighted by molar-refractivity contribution is 0.122. The summed E-state index contributed by atoms with van der Waals surface area (Å²) in [5.74, 6) is 0.691. The van der Waals surface area contributed by atoms with Crippen molar-refractivity contribution < 1.29 is 9.53 Å². The Balaban J connectivity index is 1.72. The van der Waals surface area contributed by atoms with Crippen LogP contribution >= 0.6 is 0 Å². The minimum Gasteiger partial charge on any atom is -0.382 e. The maximum Gasteiger partial charge on any atom is 0.318 e. The lowest BCUT2D eigenvalue weighted by Gasteiger charge is -2.28. The molecule has 3 rings (SSSR count). The summed E-state index contributed by atoms with van der Waals surface area (Å²) in [6.45, 7) is 5.35. The highest BCUT2D eigenvalue weighted by Gasteiger charge is 2.29. The van der Waals surface area contributed by atoms with Gasteiger partial charge in [0.2, 0.25) is 0 Å². The zero-order valence-corrected chi connectivity index (χ0v) is 14.2. The van der Waals surface area contributed by atoms with E-state index in [0.717, 1.165) is 16.8 Å². The molecule has 0 fully saturated rings. The molecule has 1 aliphatic rings. The van der Waals surface area contributed by atoms with E-state index in [4.69, 9.17) is 4.74 Å². The van der Waals surface area contributed by atoms with Gasteiger partial charge in [0.15, 0.2) is 5.82 Å². The molecule has 1 N–H and O–H groups in total. The number of benzene rings is 1. The number of urea groups is 1. The first-order chi connectivity index (χ1) is 11.5. The zero-order chi connectivity index (χ0) is 17.2. The Morgan fingerprint density at radius 2 is 2.04 bits per heavy atom. The number of rotatable bonds is 4. The van der Waals surface area contributed by atoms with E-state index in [1.165, 1.54) is 0 Å². The fourth-order valence-corrected chi connectivity index (χ4v) is 2.79. The number of nitrogens with one attached hydrogen (secondary N) is 1. The molecule has 24 heavy (non-hydrogen) atoms. The van der Waals surface area contributed by atoms with Gasteiger partial charge in [-0.25, -0.2) is 14.8 Å². The zero-order valence-electron chi connectivity index (χ0n) is 14.2. The Hall–Kier alpha value is -2.47. The van der Waals surface area contributed by atoms with Crippen LogP contribution in [0, 0.1) is 0 Å². The van der Waals surface area contributed by atoms with E-state index in [1.807, 2.05) is 50.4 Å². The molecule has 0 radical (unpaired) electrons. The molecule has 2 aromatic rings. The molecule has 126 valence electrons. The quantitative estimate of drug-likeness (QED) is 0.938. The second kappa shape index (κ2) is 6.57. The van der Waals surface area contributed by atoms with Crippen LogP contribution in [-0.2, 0) is 17.8 Å². The van der Waals surface area contributed by atoms with Crippen LogP contribution in [0.2, 0.25) is 0 Å². The molecule has 2 heterocycles. The smallest absolute Gasteiger partial charge is 0.318 e. The average Bonchev–Trinajstić information content (AvgIpc) is 2.98. The van der Waals surface area contributed by atoms with Crippen LogP contribution < -0.4 is 5.32 Å². The minimum absolute atomic E-state index is 0.115. The van der Waals surface area contributed by atoms with E-state index in [1.54, 1.807) is 12.0 Å². The van der Waals surface area contributed by atoms with Crippen LogP contribution in [0.1, 0.15) is 25.1 Å². The van der Waals surface area contributed by atoms with Gasteiger partial charge in [0.05, 0.1) is 30.9 Å². The number of nitrogens with zero attached hydrogens (tertiary/aromatic N) is 3. The van der Waals surface area contributed by atoms with Crippen LogP contribution in [0.3, 0.4) is 0 Å². The van der Waals surface area contributed by atoms with Crippen molar-refractivity contribution in [3.63, 3.8) is 0 Å². The molecule has 0 bridgehead atoms. The second-order valence-electron chi connectivity index (χ2n) is 6.63. The number of hydrogen-bond acceptors (Lipinski definition) is 4. The van der Waals surface area contributed by atoms with E-state index >= 15 is 0 Å². The van der Waals surface area contributed by atoms with E-state index < -0.39 is 5.54 Å². The molecule has 2 amide bonds. The molecule has 0 unspecified atom stereocenters. The first kappa shape index (κ1) is 16.4. The summed E-state index contributed by atoms with van der Waals surface area (Å²) < 4.78 is 5.14. The average molecular weight is 326 g/mol. The summed E-state index contributed by atoms with van der Waals surface area (Å²) in [7, 11) is 1.63. The van der Waals surface area contributed by atoms with Crippen LogP contribution in [0.5, 0.6) is 0 Å². The monoisotopic (exact) mass is 326 g/mol. The number of carbonyl (C=O) groups excluding carboxylic acids is 1. The normalized spacial score (nSPS) is 13.7. The minimum atomic E-state index is -0.415. The van der Waals surface area contributed by atoms with Gasteiger partial charge in [0, 0.05) is 24.4 Å². The van der Waals surface area contributed by atoms with Gasteiger partial charge < -0.3 is 15.0 Å². The number of fused-ring (bicyclic) bond motifs is 1. The molecule has 0 saturated heterocycles. The highest BCUT2D eigenvalue weighted by Crippen LogP contribution is 2.23. The molecule has 0 atom stereocenters. The first-order valence-electron chi connectivity index (χ1n) is 7.95. The fraction of sp³-hybridized carbons (Fsp3) is 0.389.